The Morgan fingerprint density at radius 2 is 1.68 bits per heavy atom. The summed E-state index contributed by atoms with van der Waals surface area (Å²) in [6, 6.07) is 14.2. The van der Waals surface area contributed by atoms with Gasteiger partial charge in [0.15, 0.2) is 19.0 Å². The largest absolute Gasteiger partial charge is 0.482 e. The highest BCUT2D eigenvalue weighted by Gasteiger charge is 2.18. The maximum Gasteiger partial charge on any atom is 0.344 e. The minimum atomic E-state index is -0.666. The molecule has 0 aliphatic heterocycles. The second-order valence-electron chi connectivity index (χ2n) is 6.62. The Kier molecular flexibility index (Phi) is 7.75. The van der Waals surface area contributed by atoms with Gasteiger partial charge in [-0.25, -0.2) is 4.79 Å². The van der Waals surface area contributed by atoms with Crippen LogP contribution in [0, 0.1) is 13.8 Å². The lowest BCUT2D eigenvalue weighted by Gasteiger charge is -2.16. The van der Waals surface area contributed by atoms with Crippen LogP contribution < -0.4 is 10.1 Å². The molecule has 28 heavy (non-hydrogen) atoms. The van der Waals surface area contributed by atoms with E-state index in [1.807, 2.05) is 56.3 Å². The van der Waals surface area contributed by atoms with Crippen molar-refractivity contribution in [2.45, 2.75) is 33.2 Å². The van der Waals surface area contributed by atoms with Crippen molar-refractivity contribution in [3.8, 4) is 5.75 Å². The van der Waals surface area contributed by atoms with Crippen LogP contribution in [-0.2, 0) is 25.5 Å². The molecule has 1 atom stereocenters. The predicted octanol–water partition coefficient (Wildman–Crippen LogP) is 2.54. The molecule has 6 heteroatoms. The van der Waals surface area contributed by atoms with Crippen molar-refractivity contribution < 1.29 is 23.9 Å². The van der Waals surface area contributed by atoms with E-state index in [2.05, 4.69) is 5.32 Å². The van der Waals surface area contributed by atoms with E-state index in [1.165, 1.54) is 6.92 Å². The number of nitrogens with one attached hydrogen (secondary N) is 1. The lowest BCUT2D eigenvalue weighted by Crippen LogP contribution is -2.43. The summed E-state index contributed by atoms with van der Waals surface area (Å²) in [5.74, 6) is -0.794. The van der Waals surface area contributed by atoms with E-state index in [4.69, 9.17) is 9.47 Å². The van der Waals surface area contributed by atoms with Crippen LogP contribution in [0.15, 0.2) is 48.5 Å². The molecule has 0 fully saturated rings. The van der Waals surface area contributed by atoms with Crippen LogP contribution in [0.4, 0.5) is 0 Å². The van der Waals surface area contributed by atoms with Crippen LogP contribution in [0.5, 0.6) is 5.75 Å². The Morgan fingerprint density at radius 3 is 2.32 bits per heavy atom. The third kappa shape index (κ3) is 6.87. The van der Waals surface area contributed by atoms with Crippen molar-refractivity contribution in [1.82, 2.24) is 5.32 Å². The first-order valence-electron chi connectivity index (χ1n) is 9.04. The molecule has 148 valence electrons. The lowest BCUT2D eigenvalue weighted by molar-refractivity contribution is -0.150. The number of carbonyl (C=O) groups excluding carboxylic acids is 3. The Hall–Kier alpha value is -3.15. The molecule has 0 saturated heterocycles. The molecule has 0 unspecified atom stereocenters. The number of aryl methyl sites for hydroxylation is 2. The maximum atomic E-state index is 12.0. The monoisotopic (exact) mass is 383 g/mol. The van der Waals surface area contributed by atoms with Crippen molar-refractivity contribution in [1.29, 1.82) is 0 Å². The molecule has 0 aliphatic rings. The number of Topliss-reactive ketones (excluding diaryl/α,β-unsaturated/α-hetero) is 1. The van der Waals surface area contributed by atoms with Crippen LogP contribution >= 0.6 is 0 Å². The summed E-state index contributed by atoms with van der Waals surface area (Å²) in [6.45, 7) is 4.59. The Bertz CT molecular complexity index is 832. The average molecular weight is 383 g/mol. The maximum absolute atomic E-state index is 12.0. The number of amides is 1. The first-order chi connectivity index (χ1) is 13.3. The van der Waals surface area contributed by atoms with Gasteiger partial charge in [0.1, 0.15) is 5.75 Å². The third-order valence-electron chi connectivity index (χ3n) is 4.31. The van der Waals surface area contributed by atoms with Gasteiger partial charge in [0.05, 0.1) is 6.04 Å². The molecule has 0 radical (unpaired) electrons. The summed E-state index contributed by atoms with van der Waals surface area (Å²) in [7, 11) is 0. The number of ketones is 1. The van der Waals surface area contributed by atoms with Crippen molar-refractivity contribution >= 4 is 17.7 Å². The Labute approximate surface area is 164 Å². The third-order valence-corrected chi connectivity index (χ3v) is 4.31. The first-order valence-corrected chi connectivity index (χ1v) is 9.04. The van der Waals surface area contributed by atoms with E-state index in [-0.39, 0.29) is 12.4 Å². The fourth-order valence-corrected chi connectivity index (χ4v) is 2.52. The fourth-order valence-electron chi connectivity index (χ4n) is 2.52. The van der Waals surface area contributed by atoms with Gasteiger partial charge in [-0.3, -0.25) is 9.59 Å². The average Bonchev–Trinajstić information content (AvgIpc) is 2.67. The Morgan fingerprint density at radius 1 is 0.964 bits per heavy atom. The van der Waals surface area contributed by atoms with E-state index < -0.39 is 24.5 Å². The van der Waals surface area contributed by atoms with Gasteiger partial charge in [0, 0.05) is 0 Å². The van der Waals surface area contributed by atoms with Gasteiger partial charge in [-0.05, 0) is 56.0 Å². The summed E-state index contributed by atoms with van der Waals surface area (Å²) in [6.07, 6.45) is 0.381. The zero-order valence-corrected chi connectivity index (χ0v) is 16.4. The second kappa shape index (κ2) is 10.3. The minimum absolute atomic E-state index is 0.165. The fraction of sp³-hybridized carbons (Fsp3) is 0.318. The highest BCUT2D eigenvalue weighted by Crippen LogP contribution is 2.16. The van der Waals surface area contributed by atoms with Crippen molar-refractivity contribution in [3.05, 3.63) is 65.2 Å². The van der Waals surface area contributed by atoms with Crippen LogP contribution in [0.25, 0.3) is 0 Å². The highest BCUT2D eigenvalue weighted by molar-refractivity contribution is 5.88. The van der Waals surface area contributed by atoms with Crippen molar-refractivity contribution in [2.75, 3.05) is 13.2 Å². The van der Waals surface area contributed by atoms with Gasteiger partial charge in [0.25, 0.3) is 5.91 Å². The van der Waals surface area contributed by atoms with Gasteiger partial charge in [0.2, 0.25) is 0 Å². The van der Waals surface area contributed by atoms with Crippen LogP contribution in [0.1, 0.15) is 23.6 Å². The molecule has 0 bridgehead atoms. The van der Waals surface area contributed by atoms with E-state index in [0.717, 1.165) is 16.7 Å². The first kappa shape index (κ1) is 21.2. The minimum Gasteiger partial charge on any atom is -0.482 e. The molecular formula is C22H25NO5. The van der Waals surface area contributed by atoms with Gasteiger partial charge in [-0.15, -0.1) is 0 Å². The van der Waals surface area contributed by atoms with Crippen LogP contribution in [0.2, 0.25) is 0 Å². The molecule has 2 aromatic carbocycles. The number of hydrogen-bond acceptors (Lipinski definition) is 5. The van der Waals surface area contributed by atoms with Crippen LogP contribution in [0.3, 0.4) is 0 Å². The number of carbonyl (C=O) groups is 3. The van der Waals surface area contributed by atoms with Gasteiger partial charge in [-0.1, -0.05) is 36.4 Å². The van der Waals surface area contributed by atoms with Crippen molar-refractivity contribution in [2.24, 2.45) is 0 Å². The van der Waals surface area contributed by atoms with E-state index in [9.17, 15) is 14.4 Å². The lowest BCUT2D eigenvalue weighted by atomic mass is 10.0. The molecule has 0 aromatic heterocycles. The SMILES string of the molecule is CC(=O)[C@H](Cc1ccccc1)NC(=O)COC(=O)COc1ccc(C)c(C)c1. The topological polar surface area (TPSA) is 81.7 Å². The zero-order valence-electron chi connectivity index (χ0n) is 16.4. The molecule has 1 N–H and O–H groups in total. The molecule has 0 aliphatic carbocycles. The molecule has 6 nitrogen and oxygen atoms in total. The number of ether oxygens (including phenoxy) is 2. The molecule has 0 saturated carbocycles. The van der Waals surface area contributed by atoms with E-state index >= 15 is 0 Å². The van der Waals surface area contributed by atoms with Gasteiger partial charge >= 0.3 is 5.97 Å². The summed E-state index contributed by atoms with van der Waals surface area (Å²) < 4.78 is 10.3. The quantitative estimate of drug-likeness (QED) is 0.673. The predicted molar refractivity (Wildman–Crippen MR) is 105 cm³/mol. The molecule has 1 amide bonds. The number of esters is 1. The van der Waals surface area contributed by atoms with E-state index in [1.54, 1.807) is 6.07 Å². The molecule has 0 heterocycles. The molecule has 0 spiro atoms. The summed E-state index contributed by atoms with van der Waals surface area (Å²) in [4.78, 5) is 35.6. The van der Waals surface area contributed by atoms with Gasteiger partial charge < -0.3 is 14.8 Å². The zero-order chi connectivity index (χ0) is 20.5. The summed E-state index contributed by atoms with van der Waals surface area (Å²) >= 11 is 0. The number of benzene rings is 2. The normalized spacial score (nSPS) is 11.4. The molecule has 2 aromatic rings. The van der Waals surface area contributed by atoms with Gasteiger partial charge in [-0.2, -0.15) is 0 Å². The van der Waals surface area contributed by atoms with Crippen LogP contribution in [-0.4, -0.2) is 36.9 Å². The summed E-state index contributed by atoms with van der Waals surface area (Å²) in [5, 5.41) is 2.60. The number of rotatable bonds is 9. The number of hydrogen-bond donors (Lipinski definition) is 1. The Balaban J connectivity index is 1.77. The molecule has 2 rings (SSSR count). The highest BCUT2D eigenvalue weighted by atomic mass is 16.6. The van der Waals surface area contributed by atoms with E-state index in [0.29, 0.717) is 12.2 Å². The summed E-state index contributed by atoms with van der Waals surface area (Å²) in [5.41, 5.74) is 3.11. The smallest absolute Gasteiger partial charge is 0.344 e. The standard InChI is InChI=1S/C22H25NO5/c1-15-9-10-19(11-16(15)2)27-14-22(26)28-13-21(25)23-20(17(3)24)12-18-7-5-4-6-8-18/h4-11,20H,12-14H2,1-3H3,(H,23,25)/t20-/m0/s1. The molecular weight excluding hydrogens is 358 g/mol. The second-order valence-corrected chi connectivity index (χ2v) is 6.62. The van der Waals surface area contributed by atoms with Crippen molar-refractivity contribution in [3.63, 3.8) is 0 Å².